The number of carboxylic acid groups (broad SMARTS) is 1. The van der Waals surface area contributed by atoms with Gasteiger partial charge in [0.15, 0.2) is 23.5 Å². The fraction of sp³-hybridized carbons (Fsp3) is 0.533. The van der Waals surface area contributed by atoms with Crippen LogP contribution in [-0.2, 0) is 25.2 Å². The molecular weight excluding hydrogens is 378 g/mol. The van der Waals surface area contributed by atoms with Crippen molar-refractivity contribution >= 4 is 39.6 Å². The topological polar surface area (TPSA) is 177 Å². The summed E-state index contributed by atoms with van der Waals surface area (Å²) < 4.78 is 7.30. The zero-order chi connectivity index (χ0) is 19.7. The minimum absolute atomic E-state index is 0.140. The maximum atomic E-state index is 11.1. The first kappa shape index (κ1) is 19.5. The maximum absolute atomic E-state index is 11.1. The zero-order valence-electron chi connectivity index (χ0n) is 14.4. The number of imidazole rings is 1. The summed E-state index contributed by atoms with van der Waals surface area (Å²) in [5.41, 5.74) is 6.48. The van der Waals surface area contributed by atoms with Crippen molar-refractivity contribution in [2.75, 3.05) is 23.5 Å². The van der Waals surface area contributed by atoms with Crippen molar-refractivity contribution in [1.82, 2.24) is 19.5 Å². The molecule has 0 radical (unpaired) electrons. The lowest BCUT2D eigenvalue weighted by Crippen LogP contribution is -2.37. The highest BCUT2D eigenvalue weighted by molar-refractivity contribution is 7.96. The highest BCUT2D eigenvalue weighted by Gasteiger charge is 2.46. The number of hydrogen-bond acceptors (Lipinski definition) is 10. The van der Waals surface area contributed by atoms with Crippen LogP contribution in [0.4, 0.5) is 5.82 Å². The largest absolute Gasteiger partial charge is 0.542 e. The predicted octanol–water partition coefficient (Wildman–Crippen LogP) is -3.02. The van der Waals surface area contributed by atoms with E-state index in [1.54, 1.807) is 0 Å². The van der Waals surface area contributed by atoms with E-state index in [2.05, 4.69) is 15.0 Å². The van der Waals surface area contributed by atoms with Gasteiger partial charge in [0.05, 0.1) is 19.0 Å². The monoisotopic (exact) mass is 397 g/mol. The number of aliphatic hydroxyl groups excluding tert-OH is 2. The van der Waals surface area contributed by atoms with Gasteiger partial charge in [-0.05, 0) is 10.9 Å². The fourth-order valence-electron chi connectivity index (χ4n) is 2.89. The Balaban J connectivity index is 1.69. The van der Waals surface area contributed by atoms with Gasteiger partial charge in [0, 0.05) is 0 Å². The summed E-state index contributed by atoms with van der Waals surface area (Å²) in [5.74, 6) is -1.78. The molecule has 5 unspecified atom stereocenters. The number of fused-ring (bicyclic) bond motifs is 1. The molecule has 1 aliphatic heterocycles. The number of aliphatic hydroxyl groups is 2. The highest BCUT2D eigenvalue weighted by atomic mass is 32.2. The predicted molar refractivity (Wildman–Crippen MR) is 93.3 cm³/mol. The molecule has 0 aliphatic carbocycles. The molecule has 1 fully saturated rings. The van der Waals surface area contributed by atoms with Crippen molar-refractivity contribution in [3.05, 3.63) is 12.7 Å². The van der Waals surface area contributed by atoms with Crippen molar-refractivity contribution in [3.63, 3.8) is 0 Å². The second-order valence-electron chi connectivity index (χ2n) is 6.24. The number of carbonyl (C=O) groups excluding carboxylic acids is 2. The molecule has 0 bridgehead atoms. The number of aromatic nitrogens is 4. The van der Waals surface area contributed by atoms with Gasteiger partial charge in [-0.25, -0.2) is 15.0 Å². The Kier molecular flexibility index (Phi) is 5.60. The minimum Gasteiger partial charge on any atom is -0.542 e. The average Bonchev–Trinajstić information content (AvgIpc) is 3.17. The number of hydrogen-bond donors (Lipinski definition) is 3. The standard InChI is InChI=1S/C15H19N5O6S/c1-27(3-2-7(21)15(24)25)4-8-10(22)11(23)14(26-8)20-6-19-9-12(16)17-5-18-13(9)20/h5-6,8,10-11,14,22-23H,2-4H2,1H3,(H2-,16,17,18,24,25). The Hall–Kier alpha value is -2.28. The van der Waals surface area contributed by atoms with E-state index in [-0.39, 0.29) is 12.2 Å². The molecule has 0 amide bonds. The van der Waals surface area contributed by atoms with Gasteiger partial charge < -0.3 is 30.6 Å². The molecule has 0 aromatic carbocycles. The Morgan fingerprint density at radius 3 is 2.78 bits per heavy atom. The number of nitrogens with two attached hydrogens (primary N) is 1. The molecule has 1 saturated heterocycles. The first-order chi connectivity index (χ1) is 12.8. The number of Topliss-reactive ketones (excluding diaryl/α,β-unsaturated/α-hetero) is 1. The third kappa shape index (κ3) is 3.88. The highest BCUT2D eigenvalue weighted by Crippen LogP contribution is 2.32. The number of nitrogens with zero attached hydrogens (tertiary/aromatic N) is 4. The Morgan fingerprint density at radius 1 is 1.33 bits per heavy atom. The molecule has 12 heteroatoms. The van der Waals surface area contributed by atoms with Gasteiger partial charge in [-0.3, -0.25) is 9.36 Å². The number of carboxylic acids is 1. The van der Waals surface area contributed by atoms with E-state index >= 15 is 0 Å². The van der Waals surface area contributed by atoms with Crippen LogP contribution in [-0.4, -0.2) is 77.6 Å². The Labute approximate surface area is 156 Å². The van der Waals surface area contributed by atoms with Gasteiger partial charge in [-0.15, -0.1) is 0 Å². The summed E-state index contributed by atoms with van der Waals surface area (Å²) in [6.45, 7) is 0. The quantitative estimate of drug-likeness (QED) is 0.322. The number of carbonyl (C=O) groups is 2. The van der Waals surface area contributed by atoms with Crippen molar-refractivity contribution < 1.29 is 29.6 Å². The van der Waals surface area contributed by atoms with Crippen LogP contribution >= 0.6 is 0 Å². The molecule has 5 atom stereocenters. The number of ether oxygens (including phenoxy) is 1. The van der Waals surface area contributed by atoms with E-state index in [0.29, 0.717) is 22.7 Å². The second-order valence-corrected chi connectivity index (χ2v) is 8.55. The van der Waals surface area contributed by atoms with Crippen LogP contribution in [0.5, 0.6) is 0 Å². The lowest BCUT2D eigenvalue weighted by molar-refractivity contribution is -0.299. The van der Waals surface area contributed by atoms with E-state index < -0.39 is 47.2 Å². The molecule has 1 aliphatic rings. The molecule has 0 saturated carbocycles. The van der Waals surface area contributed by atoms with Gasteiger partial charge in [0.1, 0.15) is 47.6 Å². The van der Waals surface area contributed by atoms with Gasteiger partial charge in [0.25, 0.3) is 0 Å². The first-order valence-electron chi connectivity index (χ1n) is 8.07. The number of ketones is 1. The summed E-state index contributed by atoms with van der Waals surface area (Å²) in [6, 6.07) is 0. The van der Waals surface area contributed by atoms with Gasteiger partial charge in [0.2, 0.25) is 0 Å². The molecule has 2 aromatic rings. The van der Waals surface area contributed by atoms with Crippen LogP contribution in [0.3, 0.4) is 0 Å². The normalized spacial score (nSPS) is 26.3. The van der Waals surface area contributed by atoms with Crippen molar-refractivity contribution in [2.45, 2.75) is 31.0 Å². The van der Waals surface area contributed by atoms with Crippen LogP contribution in [0.25, 0.3) is 11.2 Å². The van der Waals surface area contributed by atoms with Crippen molar-refractivity contribution in [1.29, 1.82) is 0 Å². The van der Waals surface area contributed by atoms with Gasteiger partial charge in [-0.2, -0.15) is 0 Å². The van der Waals surface area contributed by atoms with E-state index in [4.69, 9.17) is 10.5 Å². The molecule has 2 aromatic heterocycles. The van der Waals surface area contributed by atoms with E-state index in [0.717, 1.165) is 0 Å². The maximum Gasteiger partial charge on any atom is 0.182 e. The van der Waals surface area contributed by atoms with E-state index in [1.165, 1.54) is 17.2 Å². The molecule has 3 heterocycles. The lowest BCUT2D eigenvalue weighted by atomic mass is 10.1. The first-order valence-corrected chi connectivity index (χ1v) is 10.0. The molecular formula is C15H19N5O6S. The minimum atomic E-state index is -1.70. The number of anilines is 1. The van der Waals surface area contributed by atoms with Gasteiger partial charge in [-0.1, -0.05) is 0 Å². The van der Waals surface area contributed by atoms with Crippen molar-refractivity contribution in [2.24, 2.45) is 0 Å². The second kappa shape index (κ2) is 7.76. The van der Waals surface area contributed by atoms with Crippen LogP contribution < -0.4 is 10.8 Å². The summed E-state index contributed by atoms with van der Waals surface area (Å²) >= 11 is 0. The summed E-state index contributed by atoms with van der Waals surface area (Å²) in [5, 5.41) is 31.2. The number of nitrogen functional groups attached to an aromatic ring is 1. The van der Waals surface area contributed by atoms with Crippen LogP contribution in [0.15, 0.2) is 12.7 Å². The number of rotatable bonds is 7. The molecule has 146 valence electrons. The molecule has 11 nitrogen and oxygen atoms in total. The Bertz CT molecular complexity index is 860. The molecule has 27 heavy (non-hydrogen) atoms. The smallest absolute Gasteiger partial charge is 0.182 e. The summed E-state index contributed by atoms with van der Waals surface area (Å²) in [6.07, 6.45) is 0.395. The van der Waals surface area contributed by atoms with Crippen LogP contribution in [0.2, 0.25) is 0 Å². The summed E-state index contributed by atoms with van der Waals surface area (Å²) in [4.78, 5) is 33.7. The third-order valence-corrected chi connectivity index (χ3v) is 6.15. The molecule has 0 spiro atoms. The Morgan fingerprint density at radius 2 is 2.07 bits per heavy atom. The average molecular weight is 397 g/mol. The fourth-order valence-corrected chi connectivity index (χ4v) is 4.42. The zero-order valence-corrected chi connectivity index (χ0v) is 15.2. The van der Waals surface area contributed by atoms with Crippen molar-refractivity contribution in [3.8, 4) is 0 Å². The third-order valence-electron chi connectivity index (χ3n) is 4.35. The lowest BCUT2D eigenvalue weighted by Gasteiger charge is -2.16. The van der Waals surface area contributed by atoms with Crippen LogP contribution in [0, 0.1) is 0 Å². The summed E-state index contributed by atoms with van der Waals surface area (Å²) in [7, 11) is -0.404. The van der Waals surface area contributed by atoms with E-state index in [9.17, 15) is 24.9 Å². The van der Waals surface area contributed by atoms with Crippen LogP contribution in [0.1, 0.15) is 12.6 Å². The SMILES string of the molecule is C[S+](CCC(=O)C(=O)[O-])CC1OC(n2cnc3c(N)ncnc32)C(O)C1O. The molecule has 3 rings (SSSR count). The van der Waals surface area contributed by atoms with E-state index in [1.807, 2.05) is 6.26 Å². The molecule has 4 N–H and O–H groups in total. The van der Waals surface area contributed by atoms with Gasteiger partial charge >= 0.3 is 0 Å². The number of aliphatic carboxylic acids is 1.